The van der Waals surface area contributed by atoms with Crippen LogP contribution in [-0.4, -0.2) is 34.8 Å². The van der Waals surface area contributed by atoms with Crippen LogP contribution in [-0.2, 0) is 0 Å². The molecule has 1 aliphatic heterocycles. The first-order chi connectivity index (χ1) is 12.9. The molecule has 0 aliphatic carbocycles. The van der Waals surface area contributed by atoms with Crippen LogP contribution in [0.25, 0.3) is 0 Å². The number of halogens is 3. The van der Waals surface area contributed by atoms with Crippen molar-refractivity contribution in [2.24, 2.45) is 5.92 Å². The van der Waals surface area contributed by atoms with Gasteiger partial charge in [0.25, 0.3) is 11.8 Å². The molecular formula is C19H18F3N3O2. The molecule has 0 spiro atoms. The number of pyridine rings is 1. The van der Waals surface area contributed by atoms with E-state index in [4.69, 9.17) is 0 Å². The highest BCUT2D eigenvalue weighted by atomic mass is 19.2. The molecule has 142 valence electrons. The van der Waals surface area contributed by atoms with Gasteiger partial charge in [-0.1, -0.05) is 6.92 Å². The van der Waals surface area contributed by atoms with Crippen molar-refractivity contribution >= 4 is 17.5 Å². The first kappa shape index (κ1) is 18.9. The van der Waals surface area contributed by atoms with Crippen molar-refractivity contribution in [3.05, 3.63) is 59.2 Å². The van der Waals surface area contributed by atoms with Crippen molar-refractivity contribution < 1.29 is 22.8 Å². The third kappa shape index (κ3) is 4.10. The van der Waals surface area contributed by atoms with Gasteiger partial charge < -0.3 is 10.2 Å². The number of benzene rings is 1. The Kier molecular flexibility index (Phi) is 5.43. The fraction of sp³-hybridized carbons (Fsp3) is 0.316. The summed E-state index contributed by atoms with van der Waals surface area (Å²) >= 11 is 0. The van der Waals surface area contributed by atoms with Gasteiger partial charge in [-0.25, -0.2) is 13.2 Å². The highest BCUT2D eigenvalue weighted by Crippen LogP contribution is 2.21. The molecule has 0 radical (unpaired) electrons. The van der Waals surface area contributed by atoms with Gasteiger partial charge in [-0.3, -0.25) is 14.6 Å². The summed E-state index contributed by atoms with van der Waals surface area (Å²) in [4.78, 5) is 30.5. The molecule has 0 bridgehead atoms. The Morgan fingerprint density at radius 2 is 1.89 bits per heavy atom. The number of nitrogens with zero attached hydrogens (tertiary/aromatic N) is 2. The van der Waals surface area contributed by atoms with Crippen LogP contribution in [0.5, 0.6) is 0 Å². The molecule has 1 aromatic heterocycles. The van der Waals surface area contributed by atoms with E-state index in [0.29, 0.717) is 25.1 Å². The molecule has 1 fully saturated rings. The minimum absolute atomic E-state index is 0.00930. The standard InChI is InChI=1S/C19H18F3N3O2/c1-11-3-2-6-25(10-11)19(27)13-7-12(8-23-9-13)18(26)24-15-5-4-14(20)16(21)17(15)22/h4-5,7-9,11H,2-3,6,10H2,1H3,(H,24,26). The second-order valence-electron chi connectivity index (χ2n) is 6.64. The summed E-state index contributed by atoms with van der Waals surface area (Å²) in [6.45, 7) is 3.34. The van der Waals surface area contributed by atoms with Crippen molar-refractivity contribution in [2.45, 2.75) is 19.8 Å². The average molecular weight is 377 g/mol. The number of hydrogen-bond donors (Lipinski definition) is 1. The van der Waals surface area contributed by atoms with Crippen LogP contribution in [0.15, 0.2) is 30.6 Å². The third-order valence-corrected chi connectivity index (χ3v) is 4.47. The van der Waals surface area contributed by atoms with E-state index >= 15 is 0 Å². The molecule has 2 amide bonds. The quantitative estimate of drug-likeness (QED) is 0.831. The molecule has 1 atom stereocenters. The minimum Gasteiger partial charge on any atom is -0.338 e. The molecule has 8 heteroatoms. The highest BCUT2D eigenvalue weighted by molar-refractivity contribution is 6.05. The fourth-order valence-electron chi connectivity index (χ4n) is 3.05. The predicted octanol–water partition coefficient (Wildman–Crippen LogP) is 3.62. The summed E-state index contributed by atoms with van der Waals surface area (Å²) in [5, 5.41) is 2.16. The van der Waals surface area contributed by atoms with E-state index in [2.05, 4.69) is 17.2 Å². The van der Waals surface area contributed by atoms with E-state index < -0.39 is 29.0 Å². The summed E-state index contributed by atoms with van der Waals surface area (Å²) in [5.41, 5.74) is -0.252. The van der Waals surface area contributed by atoms with E-state index in [-0.39, 0.29) is 17.0 Å². The molecule has 3 rings (SSSR count). The fourth-order valence-corrected chi connectivity index (χ4v) is 3.05. The Hall–Kier alpha value is -2.90. The van der Waals surface area contributed by atoms with Gasteiger partial charge in [0.2, 0.25) is 0 Å². The summed E-state index contributed by atoms with van der Waals surface area (Å²) < 4.78 is 40.0. The molecule has 1 N–H and O–H groups in total. The summed E-state index contributed by atoms with van der Waals surface area (Å²) in [6.07, 6.45) is 4.54. The number of carbonyl (C=O) groups is 2. The minimum atomic E-state index is -1.67. The molecule has 1 aromatic carbocycles. The zero-order valence-corrected chi connectivity index (χ0v) is 14.6. The number of rotatable bonds is 3. The van der Waals surface area contributed by atoms with Crippen molar-refractivity contribution in [2.75, 3.05) is 18.4 Å². The van der Waals surface area contributed by atoms with Gasteiger partial charge in [0, 0.05) is 25.5 Å². The maximum atomic E-state index is 13.7. The highest BCUT2D eigenvalue weighted by Gasteiger charge is 2.23. The molecule has 2 heterocycles. The van der Waals surface area contributed by atoms with Crippen LogP contribution in [0, 0.1) is 23.4 Å². The van der Waals surface area contributed by atoms with E-state index in [0.717, 1.165) is 18.9 Å². The lowest BCUT2D eigenvalue weighted by molar-refractivity contribution is 0.0682. The average Bonchev–Trinajstić information content (AvgIpc) is 2.68. The van der Waals surface area contributed by atoms with E-state index in [9.17, 15) is 22.8 Å². The van der Waals surface area contributed by atoms with Crippen molar-refractivity contribution in [3.63, 3.8) is 0 Å². The van der Waals surface area contributed by atoms with Gasteiger partial charge in [0.1, 0.15) is 0 Å². The van der Waals surface area contributed by atoms with Gasteiger partial charge in [-0.05, 0) is 37.0 Å². The van der Waals surface area contributed by atoms with Gasteiger partial charge in [0.05, 0.1) is 16.8 Å². The number of nitrogens with one attached hydrogen (secondary N) is 1. The number of likely N-dealkylation sites (tertiary alicyclic amines) is 1. The van der Waals surface area contributed by atoms with E-state index in [1.54, 1.807) is 4.90 Å². The second kappa shape index (κ2) is 7.77. The van der Waals surface area contributed by atoms with Gasteiger partial charge in [-0.15, -0.1) is 0 Å². The van der Waals surface area contributed by atoms with Crippen LogP contribution in [0.4, 0.5) is 18.9 Å². The lowest BCUT2D eigenvalue weighted by Gasteiger charge is -2.30. The third-order valence-electron chi connectivity index (χ3n) is 4.47. The Morgan fingerprint density at radius 1 is 1.15 bits per heavy atom. The molecule has 27 heavy (non-hydrogen) atoms. The van der Waals surface area contributed by atoms with Crippen LogP contribution >= 0.6 is 0 Å². The number of aromatic nitrogens is 1. The number of anilines is 1. The van der Waals surface area contributed by atoms with Gasteiger partial charge in [0.15, 0.2) is 17.5 Å². The summed E-state index contributed by atoms with van der Waals surface area (Å²) in [5.74, 6) is -5.13. The van der Waals surface area contributed by atoms with E-state index in [1.807, 2.05) is 0 Å². The van der Waals surface area contributed by atoms with Gasteiger partial charge in [-0.2, -0.15) is 0 Å². The molecule has 0 saturated carbocycles. The monoisotopic (exact) mass is 377 g/mol. The molecule has 2 aromatic rings. The Bertz CT molecular complexity index is 888. The van der Waals surface area contributed by atoms with Crippen molar-refractivity contribution in [1.82, 2.24) is 9.88 Å². The van der Waals surface area contributed by atoms with Gasteiger partial charge >= 0.3 is 0 Å². The topological polar surface area (TPSA) is 62.3 Å². The largest absolute Gasteiger partial charge is 0.338 e. The molecule has 1 saturated heterocycles. The number of hydrogen-bond acceptors (Lipinski definition) is 3. The SMILES string of the molecule is CC1CCCN(C(=O)c2cncc(C(=O)Nc3ccc(F)c(F)c3F)c2)C1. The Balaban J connectivity index is 1.78. The zero-order chi connectivity index (χ0) is 19.6. The normalized spacial score (nSPS) is 16.9. The number of amides is 2. The maximum absolute atomic E-state index is 13.7. The maximum Gasteiger partial charge on any atom is 0.257 e. The smallest absolute Gasteiger partial charge is 0.257 e. The second-order valence-corrected chi connectivity index (χ2v) is 6.64. The van der Waals surface area contributed by atoms with Crippen LogP contribution < -0.4 is 5.32 Å². The van der Waals surface area contributed by atoms with Crippen molar-refractivity contribution in [1.29, 1.82) is 0 Å². The number of carbonyl (C=O) groups excluding carboxylic acids is 2. The Labute approximate surface area is 154 Å². The molecule has 1 aliphatic rings. The van der Waals surface area contributed by atoms with Crippen molar-refractivity contribution in [3.8, 4) is 0 Å². The first-order valence-corrected chi connectivity index (χ1v) is 8.56. The lowest BCUT2D eigenvalue weighted by Crippen LogP contribution is -2.39. The molecular weight excluding hydrogens is 359 g/mol. The predicted molar refractivity (Wildman–Crippen MR) is 92.8 cm³/mol. The number of piperidine rings is 1. The van der Waals surface area contributed by atoms with Crippen LogP contribution in [0.3, 0.4) is 0 Å². The Morgan fingerprint density at radius 3 is 2.63 bits per heavy atom. The molecule has 5 nitrogen and oxygen atoms in total. The van der Waals surface area contributed by atoms with E-state index in [1.165, 1.54) is 18.5 Å². The lowest BCUT2D eigenvalue weighted by atomic mass is 9.99. The zero-order valence-electron chi connectivity index (χ0n) is 14.6. The first-order valence-electron chi connectivity index (χ1n) is 8.56. The summed E-state index contributed by atoms with van der Waals surface area (Å²) in [6, 6.07) is 2.98. The molecule has 1 unspecified atom stereocenters. The van der Waals surface area contributed by atoms with Crippen LogP contribution in [0.1, 0.15) is 40.5 Å². The summed E-state index contributed by atoms with van der Waals surface area (Å²) in [7, 11) is 0. The van der Waals surface area contributed by atoms with Crippen LogP contribution in [0.2, 0.25) is 0 Å².